The summed E-state index contributed by atoms with van der Waals surface area (Å²) in [4.78, 5) is 35.3. The molecule has 3 aromatic rings. The highest BCUT2D eigenvalue weighted by Crippen LogP contribution is 2.42. The predicted molar refractivity (Wildman–Crippen MR) is 201 cm³/mol. The summed E-state index contributed by atoms with van der Waals surface area (Å²) in [5.41, 5.74) is 2.96. The summed E-state index contributed by atoms with van der Waals surface area (Å²) in [5.74, 6) is 0.0902. The second-order valence-electron chi connectivity index (χ2n) is 13.5. The average molecular weight is 714 g/mol. The van der Waals surface area contributed by atoms with Crippen LogP contribution in [0.4, 0.5) is 4.79 Å². The molecule has 0 bridgehead atoms. The lowest BCUT2D eigenvalue weighted by atomic mass is 9.70. The molecule has 2 aliphatic rings. The van der Waals surface area contributed by atoms with Gasteiger partial charge in [0.2, 0.25) is 0 Å². The lowest BCUT2D eigenvalue weighted by molar-refractivity contribution is 0.0615. The largest absolute Gasteiger partial charge is 0.338 e. The molecule has 3 aromatic carbocycles. The summed E-state index contributed by atoms with van der Waals surface area (Å²) in [6.07, 6.45) is 5.95. The number of carbonyl (C=O) groups is 2. The number of rotatable bonds is 11. The number of hydrogen-bond donors (Lipinski definition) is 0. The Balaban J connectivity index is 0.00000520. The Morgan fingerprint density at radius 3 is 2.06 bits per heavy atom. The molecule has 1 atom stereocenters. The van der Waals surface area contributed by atoms with Crippen molar-refractivity contribution in [3.8, 4) is 0 Å². The molecule has 0 N–H and O–H groups in total. The number of nitrogens with zero attached hydrogens (tertiary/aromatic N) is 4. The fourth-order valence-electron chi connectivity index (χ4n) is 7.91. The normalized spacial score (nSPS) is 19.3. The molecular weight excluding hydrogens is 663 g/mol. The molecule has 1 unspecified atom stereocenters. The topological polar surface area (TPSA) is 47.1 Å². The first kappa shape index (κ1) is 38.0. The van der Waals surface area contributed by atoms with Gasteiger partial charge >= 0.3 is 6.03 Å². The smallest absolute Gasteiger partial charge is 0.319 e. The molecule has 260 valence electrons. The summed E-state index contributed by atoms with van der Waals surface area (Å²) in [6, 6.07) is 26.5. The number of amides is 3. The maximum Gasteiger partial charge on any atom is 0.319 e. The minimum absolute atomic E-state index is 0. The van der Waals surface area contributed by atoms with Crippen molar-refractivity contribution in [1.29, 1.82) is 0 Å². The summed E-state index contributed by atoms with van der Waals surface area (Å²) in [5, 5.41) is 1.12. The molecule has 0 radical (unpaired) electrons. The second kappa shape index (κ2) is 17.2. The minimum atomic E-state index is -0.187. The molecule has 48 heavy (non-hydrogen) atoms. The Labute approximate surface area is 303 Å². The number of carbonyl (C=O) groups excluding carboxylic acids is 2. The summed E-state index contributed by atoms with van der Waals surface area (Å²) >= 11 is 12.9. The van der Waals surface area contributed by atoms with E-state index in [-0.39, 0.29) is 35.2 Å². The number of benzene rings is 3. The van der Waals surface area contributed by atoms with Crippen molar-refractivity contribution >= 4 is 47.5 Å². The molecule has 2 saturated heterocycles. The van der Waals surface area contributed by atoms with E-state index in [9.17, 15) is 9.59 Å². The number of piperidine rings is 2. The van der Waals surface area contributed by atoms with E-state index in [1.54, 1.807) is 0 Å². The molecule has 6 nitrogen and oxygen atoms in total. The van der Waals surface area contributed by atoms with E-state index in [0.717, 1.165) is 70.3 Å². The van der Waals surface area contributed by atoms with Gasteiger partial charge in [0.25, 0.3) is 5.91 Å². The van der Waals surface area contributed by atoms with Gasteiger partial charge in [-0.25, -0.2) is 4.79 Å². The lowest BCUT2D eigenvalue weighted by Crippen LogP contribution is -2.52. The van der Waals surface area contributed by atoms with E-state index in [1.807, 2.05) is 78.1 Å². The van der Waals surface area contributed by atoms with E-state index in [4.69, 9.17) is 23.2 Å². The van der Waals surface area contributed by atoms with Crippen molar-refractivity contribution in [3.63, 3.8) is 0 Å². The van der Waals surface area contributed by atoms with Crippen LogP contribution in [0.5, 0.6) is 0 Å². The highest BCUT2D eigenvalue weighted by atomic mass is 35.5. The standard InChI is InChI=1S/C39H50Cl2N4O2.ClH/c1-4-44(5-2)37(47)42(3)29-39(32-16-10-7-11-17-32)22-26-43(27-23-39)24-12-20-38(33-18-19-34(40)35(41)28-33)21-13-25-45(30-38)36(46)31-14-8-6-9-15-31;/h6-11,14-19,28H,4-5,12-13,20-27,29-30H2,1-3H3;1H. The second-order valence-corrected chi connectivity index (χ2v) is 14.3. The van der Waals surface area contributed by atoms with Gasteiger partial charge in [-0.1, -0.05) is 77.8 Å². The van der Waals surface area contributed by atoms with Crippen LogP contribution in [0.3, 0.4) is 0 Å². The van der Waals surface area contributed by atoms with Gasteiger partial charge in [0.15, 0.2) is 0 Å². The van der Waals surface area contributed by atoms with Crippen molar-refractivity contribution in [2.45, 2.75) is 63.2 Å². The van der Waals surface area contributed by atoms with Gasteiger partial charge in [-0.2, -0.15) is 0 Å². The Hall–Kier alpha value is -2.77. The van der Waals surface area contributed by atoms with Crippen molar-refractivity contribution in [1.82, 2.24) is 19.6 Å². The number of urea groups is 1. The van der Waals surface area contributed by atoms with Crippen molar-refractivity contribution < 1.29 is 9.59 Å². The fraction of sp³-hybridized carbons (Fsp3) is 0.487. The number of hydrogen-bond acceptors (Lipinski definition) is 3. The highest BCUT2D eigenvalue weighted by molar-refractivity contribution is 6.42. The quantitative estimate of drug-likeness (QED) is 0.200. The first-order chi connectivity index (χ1) is 22.7. The van der Waals surface area contributed by atoms with Crippen molar-refractivity contribution in [3.05, 3.63) is 106 Å². The molecule has 2 fully saturated rings. The first-order valence-electron chi connectivity index (χ1n) is 17.3. The van der Waals surface area contributed by atoms with E-state index >= 15 is 0 Å². The third kappa shape index (κ3) is 8.68. The predicted octanol–water partition coefficient (Wildman–Crippen LogP) is 8.80. The Morgan fingerprint density at radius 1 is 0.792 bits per heavy atom. The van der Waals surface area contributed by atoms with E-state index in [2.05, 4.69) is 41.3 Å². The molecule has 0 spiro atoms. The van der Waals surface area contributed by atoms with Gasteiger partial charge in [0.1, 0.15) is 0 Å². The maximum absolute atomic E-state index is 13.6. The van der Waals surface area contributed by atoms with Gasteiger partial charge in [0, 0.05) is 56.2 Å². The minimum Gasteiger partial charge on any atom is -0.338 e. The third-order valence-electron chi connectivity index (χ3n) is 10.6. The molecule has 3 amide bonds. The van der Waals surface area contributed by atoms with E-state index < -0.39 is 0 Å². The van der Waals surface area contributed by atoms with Crippen molar-refractivity contribution in [2.24, 2.45) is 0 Å². The van der Waals surface area contributed by atoms with Crippen LogP contribution in [-0.4, -0.2) is 90.9 Å². The first-order valence-corrected chi connectivity index (χ1v) is 18.0. The molecule has 0 aliphatic carbocycles. The molecule has 5 rings (SSSR count). The summed E-state index contributed by atoms with van der Waals surface area (Å²) < 4.78 is 0. The monoisotopic (exact) mass is 712 g/mol. The van der Waals surface area contributed by atoms with Crippen LogP contribution in [0.2, 0.25) is 10.0 Å². The highest BCUT2D eigenvalue weighted by Gasteiger charge is 2.41. The zero-order chi connectivity index (χ0) is 33.4. The molecule has 2 heterocycles. The fourth-order valence-corrected chi connectivity index (χ4v) is 8.21. The van der Waals surface area contributed by atoms with E-state index in [0.29, 0.717) is 36.2 Å². The molecule has 2 aliphatic heterocycles. The molecule has 0 saturated carbocycles. The van der Waals surface area contributed by atoms with Gasteiger partial charge in [0.05, 0.1) is 10.0 Å². The van der Waals surface area contributed by atoms with Gasteiger partial charge in [-0.05, 0) is 107 Å². The van der Waals surface area contributed by atoms with Crippen LogP contribution in [0.15, 0.2) is 78.9 Å². The average Bonchev–Trinajstić information content (AvgIpc) is 3.11. The Kier molecular flexibility index (Phi) is 13.7. The van der Waals surface area contributed by atoms with Crippen LogP contribution in [0.25, 0.3) is 0 Å². The van der Waals surface area contributed by atoms with Crippen LogP contribution in [0.1, 0.15) is 73.9 Å². The lowest BCUT2D eigenvalue weighted by Gasteiger charge is -2.46. The summed E-state index contributed by atoms with van der Waals surface area (Å²) in [7, 11) is 1.95. The van der Waals surface area contributed by atoms with Gasteiger partial charge in [-0.15, -0.1) is 12.4 Å². The Bertz CT molecular complexity index is 1480. The zero-order valence-corrected chi connectivity index (χ0v) is 31.0. The zero-order valence-electron chi connectivity index (χ0n) is 28.7. The van der Waals surface area contributed by atoms with Gasteiger partial charge in [-0.3, -0.25) is 4.79 Å². The van der Waals surface area contributed by atoms with E-state index in [1.165, 1.54) is 11.1 Å². The SMILES string of the molecule is CCN(CC)C(=O)N(C)CC1(c2ccccc2)CCN(CCCC2(c3ccc(Cl)c(Cl)c3)CCCN(C(=O)c3ccccc3)C2)CC1.Cl. The number of likely N-dealkylation sites (N-methyl/N-ethyl adjacent to an activating group) is 1. The third-order valence-corrected chi connectivity index (χ3v) is 11.4. The Morgan fingerprint density at radius 2 is 1.44 bits per heavy atom. The van der Waals surface area contributed by atoms with Crippen LogP contribution >= 0.6 is 35.6 Å². The van der Waals surface area contributed by atoms with Crippen LogP contribution in [0, 0.1) is 0 Å². The molecular formula is C39H51Cl3N4O2. The molecule has 9 heteroatoms. The maximum atomic E-state index is 13.6. The number of likely N-dealkylation sites (tertiary alicyclic amines) is 2. The molecule has 0 aromatic heterocycles. The van der Waals surface area contributed by atoms with Crippen molar-refractivity contribution in [2.75, 3.05) is 59.4 Å². The van der Waals surface area contributed by atoms with Crippen LogP contribution < -0.4 is 0 Å². The summed E-state index contributed by atoms with van der Waals surface area (Å²) in [6.45, 7) is 10.6. The van der Waals surface area contributed by atoms with Crippen LogP contribution in [-0.2, 0) is 10.8 Å². The van der Waals surface area contributed by atoms with Gasteiger partial charge < -0.3 is 19.6 Å². The number of halogens is 3.